The number of rotatable bonds is 6. The number of nitrogens with zero attached hydrogens (tertiary/aromatic N) is 7. The zero-order valence-electron chi connectivity index (χ0n) is 17.6. The molecule has 0 unspecified atom stereocenters. The van der Waals surface area contributed by atoms with E-state index in [0.717, 1.165) is 15.7 Å². The molecule has 4 rings (SSSR count). The molecule has 1 amide bonds. The molecule has 1 aromatic carbocycles. The van der Waals surface area contributed by atoms with Crippen molar-refractivity contribution in [1.82, 2.24) is 33.4 Å². The largest absolute Gasteiger partial charge is 0.340 e. The summed E-state index contributed by atoms with van der Waals surface area (Å²) in [5, 5.41) is 4.37. The molecule has 0 aliphatic carbocycles. The normalized spacial score (nSPS) is 11.2. The van der Waals surface area contributed by atoms with Gasteiger partial charge < -0.3 is 9.47 Å². The fraction of sp³-hybridized carbons (Fsp3) is 0.286. The average molecular weight is 421 g/mol. The Morgan fingerprint density at radius 3 is 2.55 bits per heavy atom. The number of hydrogen-bond acceptors (Lipinski definition) is 5. The van der Waals surface area contributed by atoms with Crippen LogP contribution in [0.3, 0.4) is 0 Å². The molecule has 0 radical (unpaired) electrons. The first-order valence-corrected chi connectivity index (χ1v) is 9.75. The highest BCUT2D eigenvalue weighted by molar-refractivity contribution is 5.78. The second-order valence-corrected chi connectivity index (χ2v) is 7.53. The molecule has 0 aliphatic rings. The van der Waals surface area contributed by atoms with Gasteiger partial charge in [-0.25, -0.2) is 9.78 Å². The summed E-state index contributed by atoms with van der Waals surface area (Å²) in [6, 6.07) is 10.0. The first-order valence-electron chi connectivity index (χ1n) is 9.75. The van der Waals surface area contributed by atoms with Gasteiger partial charge in [-0.3, -0.25) is 23.4 Å². The Bertz CT molecular complexity index is 1360. The van der Waals surface area contributed by atoms with Crippen LogP contribution in [-0.2, 0) is 38.5 Å². The second-order valence-electron chi connectivity index (χ2n) is 7.53. The van der Waals surface area contributed by atoms with Crippen molar-refractivity contribution in [2.24, 2.45) is 14.1 Å². The maximum atomic E-state index is 12.8. The van der Waals surface area contributed by atoms with Crippen LogP contribution in [0.2, 0.25) is 0 Å². The first-order chi connectivity index (χ1) is 14.8. The Morgan fingerprint density at radius 1 is 1.06 bits per heavy atom. The van der Waals surface area contributed by atoms with Gasteiger partial charge in [-0.2, -0.15) is 5.10 Å². The van der Waals surface area contributed by atoms with Gasteiger partial charge in [-0.1, -0.05) is 30.3 Å². The molecule has 0 saturated heterocycles. The highest BCUT2D eigenvalue weighted by atomic mass is 16.2. The summed E-state index contributed by atoms with van der Waals surface area (Å²) in [5.41, 5.74) is 1.59. The van der Waals surface area contributed by atoms with Gasteiger partial charge in [0.05, 0.1) is 19.1 Å². The van der Waals surface area contributed by atoms with Gasteiger partial charge in [-0.15, -0.1) is 0 Å². The topological polar surface area (TPSA) is 100.0 Å². The predicted molar refractivity (Wildman–Crippen MR) is 114 cm³/mol. The Morgan fingerprint density at radius 2 is 1.81 bits per heavy atom. The number of aryl methyl sites for hydroxylation is 1. The molecule has 3 heterocycles. The van der Waals surface area contributed by atoms with Crippen molar-refractivity contribution in [1.29, 1.82) is 0 Å². The highest BCUT2D eigenvalue weighted by Gasteiger charge is 2.18. The van der Waals surface area contributed by atoms with Crippen LogP contribution in [0, 0.1) is 0 Å². The first kappa shape index (κ1) is 20.3. The Kier molecular flexibility index (Phi) is 5.28. The van der Waals surface area contributed by atoms with Crippen LogP contribution in [0.4, 0.5) is 0 Å². The molecule has 0 fully saturated rings. The molecule has 4 aromatic rings. The van der Waals surface area contributed by atoms with E-state index in [1.165, 1.54) is 22.5 Å². The summed E-state index contributed by atoms with van der Waals surface area (Å²) in [6.45, 7) is 0.983. The standard InChI is InChI=1S/C21H23N7O3/c1-24(10-16-9-23-28(12-16)11-15-7-5-4-6-8-15)17(29)13-27-14-22-19-18(27)20(30)26(3)21(31)25(19)2/h4-9,12,14H,10-11,13H2,1-3H3. The summed E-state index contributed by atoms with van der Waals surface area (Å²) < 4.78 is 5.61. The second kappa shape index (κ2) is 8.05. The zero-order chi connectivity index (χ0) is 22.1. The molecule has 0 N–H and O–H groups in total. The molecule has 0 atom stereocenters. The smallest absolute Gasteiger partial charge is 0.332 e. The van der Waals surface area contributed by atoms with Crippen molar-refractivity contribution in [2.45, 2.75) is 19.6 Å². The van der Waals surface area contributed by atoms with E-state index < -0.39 is 11.2 Å². The molecule has 0 spiro atoms. The Balaban J connectivity index is 1.47. The SMILES string of the molecule is CN(Cc1cnn(Cc2ccccc2)c1)C(=O)Cn1cnc2c1c(=O)n(C)c(=O)n2C. The number of carbonyl (C=O) groups is 1. The maximum absolute atomic E-state index is 12.8. The van der Waals surface area contributed by atoms with Gasteiger partial charge in [0, 0.05) is 39.4 Å². The number of fused-ring (bicyclic) bond motifs is 1. The fourth-order valence-corrected chi connectivity index (χ4v) is 3.49. The number of carbonyl (C=O) groups excluding carboxylic acids is 1. The van der Waals surface area contributed by atoms with Gasteiger partial charge >= 0.3 is 5.69 Å². The van der Waals surface area contributed by atoms with E-state index in [2.05, 4.69) is 10.1 Å². The highest BCUT2D eigenvalue weighted by Crippen LogP contribution is 2.09. The van der Waals surface area contributed by atoms with Crippen molar-refractivity contribution in [3.8, 4) is 0 Å². The lowest BCUT2D eigenvalue weighted by Crippen LogP contribution is -2.38. The molecule has 160 valence electrons. The van der Waals surface area contributed by atoms with Crippen LogP contribution >= 0.6 is 0 Å². The van der Waals surface area contributed by atoms with Crippen molar-refractivity contribution >= 4 is 17.1 Å². The minimum absolute atomic E-state index is 0.0569. The van der Waals surface area contributed by atoms with Crippen LogP contribution in [0.15, 0.2) is 58.6 Å². The van der Waals surface area contributed by atoms with Crippen LogP contribution in [-0.4, -0.2) is 46.3 Å². The average Bonchev–Trinajstić information content (AvgIpc) is 3.38. The third-order valence-electron chi connectivity index (χ3n) is 5.24. The molecule has 3 aromatic heterocycles. The van der Waals surface area contributed by atoms with Crippen LogP contribution in [0.5, 0.6) is 0 Å². The van der Waals surface area contributed by atoms with E-state index >= 15 is 0 Å². The van der Waals surface area contributed by atoms with E-state index in [1.807, 2.05) is 41.2 Å². The maximum Gasteiger partial charge on any atom is 0.332 e. The molecule has 31 heavy (non-hydrogen) atoms. The molecule has 10 heteroatoms. The van der Waals surface area contributed by atoms with Gasteiger partial charge in [0.15, 0.2) is 11.2 Å². The predicted octanol–water partition coefficient (Wildman–Crippen LogP) is 0.337. The summed E-state index contributed by atoms with van der Waals surface area (Å²) in [7, 11) is 4.65. The number of hydrogen-bond donors (Lipinski definition) is 0. The lowest BCUT2D eigenvalue weighted by Gasteiger charge is -2.16. The van der Waals surface area contributed by atoms with Crippen molar-refractivity contribution in [3.63, 3.8) is 0 Å². The van der Waals surface area contributed by atoms with Crippen molar-refractivity contribution in [3.05, 3.63) is 81.0 Å². The Labute approximate surface area is 177 Å². The lowest BCUT2D eigenvalue weighted by molar-refractivity contribution is -0.131. The molecule has 10 nitrogen and oxygen atoms in total. The van der Waals surface area contributed by atoms with Gasteiger partial charge in [0.1, 0.15) is 6.54 Å². The fourth-order valence-electron chi connectivity index (χ4n) is 3.49. The van der Waals surface area contributed by atoms with Gasteiger partial charge in [0.25, 0.3) is 5.56 Å². The van der Waals surface area contributed by atoms with E-state index in [1.54, 1.807) is 25.2 Å². The summed E-state index contributed by atoms with van der Waals surface area (Å²) in [6.07, 6.45) is 5.06. The summed E-state index contributed by atoms with van der Waals surface area (Å²) in [5.74, 6) is -0.189. The lowest BCUT2D eigenvalue weighted by atomic mass is 10.2. The summed E-state index contributed by atoms with van der Waals surface area (Å²) >= 11 is 0. The van der Waals surface area contributed by atoms with E-state index in [9.17, 15) is 14.4 Å². The summed E-state index contributed by atoms with van der Waals surface area (Å²) in [4.78, 5) is 43.1. The number of likely N-dealkylation sites (N-methyl/N-ethyl adjacent to an activating group) is 1. The van der Waals surface area contributed by atoms with E-state index in [4.69, 9.17) is 0 Å². The number of imidazole rings is 1. The van der Waals surface area contributed by atoms with Crippen LogP contribution < -0.4 is 11.2 Å². The zero-order valence-corrected chi connectivity index (χ0v) is 17.6. The molecular formula is C21H23N7O3. The minimum Gasteiger partial charge on any atom is -0.340 e. The van der Waals surface area contributed by atoms with E-state index in [-0.39, 0.29) is 23.6 Å². The molecule has 0 bridgehead atoms. The molecule has 0 saturated carbocycles. The van der Waals surface area contributed by atoms with Crippen LogP contribution in [0.25, 0.3) is 11.2 Å². The number of benzene rings is 1. The Hall–Kier alpha value is -3.95. The molecular weight excluding hydrogens is 398 g/mol. The number of aromatic nitrogens is 6. The van der Waals surface area contributed by atoms with Crippen LogP contribution in [0.1, 0.15) is 11.1 Å². The molecule has 0 aliphatic heterocycles. The quantitative estimate of drug-likeness (QED) is 0.447. The minimum atomic E-state index is -0.478. The number of amides is 1. The third kappa shape index (κ3) is 3.91. The van der Waals surface area contributed by atoms with E-state index in [0.29, 0.717) is 13.1 Å². The van der Waals surface area contributed by atoms with Crippen molar-refractivity contribution < 1.29 is 4.79 Å². The van der Waals surface area contributed by atoms with Gasteiger partial charge in [0.2, 0.25) is 5.91 Å². The van der Waals surface area contributed by atoms with Crippen molar-refractivity contribution in [2.75, 3.05) is 7.05 Å². The monoisotopic (exact) mass is 421 g/mol. The van der Waals surface area contributed by atoms with Gasteiger partial charge in [-0.05, 0) is 5.56 Å². The third-order valence-corrected chi connectivity index (χ3v) is 5.24.